The summed E-state index contributed by atoms with van der Waals surface area (Å²) in [5.41, 5.74) is -0.388. The van der Waals surface area contributed by atoms with E-state index in [4.69, 9.17) is 16.9 Å². The van der Waals surface area contributed by atoms with Crippen molar-refractivity contribution in [2.24, 2.45) is 0 Å². The standard InChI is InChI=1S/C11H5ClF3N3/c12-8-5-7(6-16)1-2-9(8)18-4-3-10(17-18)11(13,14)15/h1-5H. The van der Waals surface area contributed by atoms with E-state index in [2.05, 4.69) is 5.10 Å². The van der Waals surface area contributed by atoms with Gasteiger partial charge in [0, 0.05) is 6.20 Å². The fraction of sp³-hybridized carbons (Fsp3) is 0.0909. The summed E-state index contributed by atoms with van der Waals surface area (Å²) < 4.78 is 38.2. The van der Waals surface area contributed by atoms with Gasteiger partial charge in [0.05, 0.1) is 22.3 Å². The first kappa shape index (κ1) is 12.5. The molecule has 0 radical (unpaired) electrons. The Morgan fingerprint density at radius 1 is 1.28 bits per heavy atom. The van der Waals surface area contributed by atoms with Gasteiger partial charge in [-0.15, -0.1) is 0 Å². The maximum absolute atomic E-state index is 12.4. The summed E-state index contributed by atoms with van der Waals surface area (Å²) in [6.07, 6.45) is -3.33. The van der Waals surface area contributed by atoms with Crippen molar-refractivity contribution in [1.29, 1.82) is 5.26 Å². The molecule has 2 aromatic rings. The van der Waals surface area contributed by atoms with Crippen molar-refractivity contribution in [3.05, 3.63) is 46.7 Å². The smallest absolute Gasteiger partial charge is 0.239 e. The van der Waals surface area contributed by atoms with E-state index >= 15 is 0 Å². The van der Waals surface area contributed by atoms with Crippen molar-refractivity contribution in [1.82, 2.24) is 9.78 Å². The van der Waals surface area contributed by atoms with E-state index in [0.717, 1.165) is 16.9 Å². The molecule has 0 fully saturated rings. The minimum atomic E-state index is -4.50. The third kappa shape index (κ3) is 2.31. The number of nitriles is 1. The Kier molecular flexibility index (Phi) is 3.01. The summed E-state index contributed by atoms with van der Waals surface area (Å²) in [6, 6.07) is 7.00. The number of nitrogens with zero attached hydrogens (tertiary/aromatic N) is 3. The zero-order valence-corrected chi connectivity index (χ0v) is 9.50. The van der Waals surface area contributed by atoms with E-state index in [1.165, 1.54) is 18.2 Å². The van der Waals surface area contributed by atoms with Gasteiger partial charge in [0.15, 0.2) is 5.69 Å². The largest absolute Gasteiger partial charge is 0.435 e. The molecule has 1 aromatic heterocycles. The number of hydrogen-bond acceptors (Lipinski definition) is 2. The topological polar surface area (TPSA) is 41.6 Å². The average Bonchev–Trinajstić information content (AvgIpc) is 2.77. The van der Waals surface area contributed by atoms with E-state index < -0.39 is 11.9 Å². The predicted molar refractivity (Wildman–Crippen MR) is 58.3 cm³/mol. The van der Waals surface area contributed by atoms with Crippen LogP contribution in [0.4, 0.5) is 13.2 Å². The lowest BCUT2D eigenvalue weighted by atomic mass is 10.2. The summed E-state index contributed by atoms with van der Waals surface area (Å²) in [4.78, 5) is 0. The molecule has 3 nitrogen and oxygen atoms in total. The number of alkyl halides is 3. The lowest BCUT2D eigenvalue weighted by Gasteiger charge is -2.05. The van der Waals surface area contributed by atoms with E-state index in [0.29, 0.717) is 5.56 Å². The van der Waals surface area contributed by atoms with Crippen molar-refractivity contribution in [3.63, 3.8) is 0 Å². The minimum Gasteiger partial charge on any atom is -0.239 e. The van der Waals surface area contributed by atoms with Crippen LogP contribution in [0.15, 0.2) is 30.5 Å². The Balaban J connectivity index is 2.44. The average molecular weight is 272 g/mol. The first-order valence-electron chi connectivity index (χ1n) is 4.74. The number of rotatable bonds is 1. The minimum absolute atomic E-state index is 0.158. The highest BCUT2D eigenvalue weighted by atomic mass is 35.5. The maximum Gasteiger partial charge on any atom is 0.435 e. The molecule has 2 rings (SSSR count). The molecule has 18 heavy (non-hydrogen) atoms. The number of aromatic nitrogens is 2. The van der Waals surface area contributed by atoms with Gasteiger partial charge < -0.3 is 0 Å². The van der Waals surface area contributed by atoms with Crippen LogP contribution in [-0.2, 0) is 6.18 Å². The molecule has 0 bridgehead atoms. The van der Waals surface area contributed by atoms with Gasteiger partial charge in [-0.05, 0) is 24.3 Å². The van der Waals surface area contributed by atoms with Gasteiger partial charge in [0.1, 0.15) is 0 Å². The van der Waals surface area contributed by atoms with Gasteiger partial charge in [-0.25, -0.2) is 4.68 Å². The Bertz CT molecular complexity index is 625. The van der Waals surface area contributed by atoms with Crippen LogP contribution in [0.3, 0.4) is 0 Å². The normalized spacial score (nSPS) is 11.3. The second-order valence-electron chi connectivity index (χ2n) is 3.42. The van der Waals surface area contributed by atoms with Crippen molar-refractivity contribution in [2.75, 3.05) is 0 Å². The molecule has 0 atom stereocenters. The van der Waals surface area contributed by atoms with E-state index in [9.17, 15) is 13.2 Å². The molecule has 1 aromatic carbocycles. The summed E-state index contributed by atoms with van der Waals surface area (Å²) in [5.74, 6) is 0. The molecule has 0 aliphatic carbocycles. The molecular weight excluding hydrogens is 267 g/mol. The van der Waals surface area contributed by atoms with E-state index in [1.54, 1.807) is 0 Å². The molecule has 0 N–H and O–H groups in total. The fourth-order valence-electron chi connectivity index (χ4n) is 1.37. The van der Waals surface area contributed by atoms with Crippen molar-refractivity contribution >= 4 is 11.6 Å². The van der Waals surface area contributed by atoms with Gasteiger partial charge in [0.2, 0.25) is 0 Å². The Labute approximate surface area is 105 Å². The van der Waals surface area contributed by atoms with Crippen LogP contribution in [0.2, 0.25) is 5.02 Å². The van der Waals surface area contributed by atoms with Gasteiger partial charge in [0.25, 0.3) is 0 Å². The molecule has 1 heterocycles. The highest BCUT2D eigenvalue weighted by Crippen LogP contribution is 2.29. The number of halogens is 4. The molecular formula is C11H5ClF3N3. The molecule has 0 aliphatic rings. The highest BCUT2D eigenvalue weighted by molar-refractivity contribution is 6.32. The van der Waals surface area contributed by atoms with Gasteiger partial charge in [-0.1, -0.05) is 11.6 Å². The molecule has 0 spiro atoms. The summed E-state index contributed by atoms with van der Waals surface area (Å²) in [7, 11) is 0. The van der Waals surface area contributed by atoms with Crippen LogP contribution in [0.25, 0.3) is 5.69 Å². The SMILES string of the molecule is N#Cc1ccc(-n2ccc(C(F)(F)F)n2)c(Cl)c1. The molecule has 92 valence electrons. The highest BCUT2D eigenvalue weighted by Gasteiger charge is 2.33. The third-order valence-electron chi connectivity index (χ3n) is 2.20. The molecule has 0 unspecified atom stereocenters. The summed E-state index contributed by atoms with van der Waals surface area (Å²) in [6.45, 7) is 0. The molecule has 0 saturated carbocycles. The molecule has 0 aliphatic heterocycles. The molecule has 0 amide bonds. The number of hydrogen-bond donors (Lipinski definition) is 0. The predicted octanol–water partition coefficient (Wildman–Crippen LogP) is 3.42. The van der Waals surface area contributed by atoms with Crippen LogP contribution in [0, 0.1) is 11.3 Å². The second kappa shape index (κ2) is 4.35. The lowest BCUT2D eigenvalue weighted by molar-refractivity contribution is -0.141. The monoisotopic (exact) mass is 271 g/mol. The maximum atomic E-state index is 12.4. The van der Waals surface area contributed by atoms with Crippen LogP contribution in [0.1, 0.15) is 11.3 Å². The first-order chi connectivity index (χ1) is 8.41. The molecule has 7 heteroatoms. The van der Waals surface area contributed by atoms with Crippen molar-refractivity contribution in [2.45, 2.75) is 6.18 Å². The van der Waals surface area contributed by atoms with Gasteiger partial charge in [-0.3, -0.25) is 0 Å². The quantitative estimate of drug-likeness (QED) is 0.797. The molecule has 0 saturated heterocycles. The summed E-state index contributed by atoms with van der Waals surface area (Å²) >= 11 is 5.87. The Morgan fingerprint density at radius 3 is 2.50 bits per heavy atom. The van der Waals surface area contributed by atoms with Crippen LogP contribution >= 0.6 is 11.6 Å². The first-order valence-corrected chi connectivity index (χ1v) is 5.12. The zero-order valence-electron chi connectivity index (χ0n) is 8.74. The van der Waals surface area contributed by atoms with Crippen LogP contribution in [-0.4, -0.2) is 9.78 Å². The number of benzene rings is 1. The van der Waals surface area contributed by atoms with Crippen LogP contribution in [0.5, 0.6) is 0 Å². The van der Waals surface area contributed by atoms with Gasteiger partial charge >= 0.3 is 6.18 Å². The van der Waals surface area contributed by atoms with Crippen molar-refractivity contribution < 1.29 is 13.2 Å². The Morgan fingerprint density at radius 2 is 2.00 bits per heavy atom. The van der Waals surface area contributed by atoms with Gasteiger partial charge in [-0.2, -0.15) is 23.5 Å². The van der Waals surface area contributed by atoms with E-state index in [1.807, 2.05) is 6.07 Å². The zero-order chi connectivity index (χ0) is 13.3. The third-order valence-corrected chi connectivity index (χ3v) is 2.51. The summed E-state index contributed by atoms with van der Waals surface area (Å²) in [5, 5.41) is 12.2. The Hall–Kier alpha value is -2.00. The van der Waals surface area contributed by atoms with Crippen molar-refractivity contribution in [3.8, 4) is 11.8 Å². The van der Waals surface area contributed by atoms with E-state index in [-0.39, 0.29) is 10.7 Å². The fourth-order valence-corrected chi connectivity index (χ4v) is 1.64. The van der Waals surface area contributed by atoms with Crippen LogP contribution < -0.4 is 0 Å². The lowest BCUT2D eigenvalue weighted by Crippen LogP contribution is -2.07. The second-order valence-corrected chi connectivity index (χ2v) is 3.83.